The van der Waals surface area contributed by atoms with Crippen LogP contribution in [0.25, 0.3) is 0 Å². The van der Waals surface area contributed by atoms with Crippen LogP contribution in [0.5, 0.6) is 0 Å². The summed E-state index contributed by atoms with van der Waals surface area (Å²) >= 11 is 0. The third-order valence-electron chi connectivity index (χ3n) is 3.24. The molecule has 2 N–H and O–H groups in total. The van der Waals surface area contributed by atoms with Crippen molar-refractivity contribution < 1.29 is 22.8 Å². The molecule has 0 spiro atoms. The normalized spacial score (nSPS) is 20.7. The smallest absolute Gasteiger partial charge is 0.347 e. The molecule has 1 aromatic heterocycles. The van der Waals surface area contributed by atoms with Gasteiger partial charge in [-0.2, -0.15) is 13.2 Å². The summed E-state index contributed by atoms with van der Waals surface area (Å²) in [6.07, 6.45) is -1.53. The number of carbonyl (C=O) groups excluding carboxylic acids is 2. The molecule has 21 heavy (non-hydrogen) atoms. The van der Waals surface area contributed by atoms with Crippen molar-refractivity contribution in [2.75, 3.05) is 13.1 Å². The first kappa shape index (κ1) is 15.3. The highest BCUT2D eigenvalue weighted by Crippen LogP contribution is 2.24. The van der Waals surface area contributed by atoms with Crippen LogP contribution >= 0.6 is 0 Å². The number of likely N-dealkylation sites (tertiary alicyclic amines) is 1. The first-order valence-electron chi connectivity index (χ1n) is 6.40. The Morgan fingerprint density at radius 1 is 1.62 bits per heavy atom. The Morgan fingerprint density at radius 3 is 2.90 bits per heavy atom. The largest absolute Gasteiger partial charge is 0.406 e. The van der Waals surface area contributed by atoms with Gasteiger partial charge >= 0.3 is 6.18 Å². The summed E-state index contributed by atoms with van der Waals surface area (Å²) < 4.78 is 36.9. The van der Waals surface area contributed by atoms with Crippen molar-refractivity contribution in [3.8, 4) is 0 Å². The zero-order chi connectivity index (χ0) is 15.6. The zero-order valence-corrected chi connectivity index (χ0v) is 11.3. The standard InChI is InChI=1S/C12H15F3N4O2/c1-7(10-16-2-3-17-10)18-11(21)8-4-9(20)19(5-8)6-12(13,14)15/h2-3,7-8H,4-6H2,1H3,(H,16,17)(H,18,21). The molecule has 2 unspecified atom stereocenters. The van der Waals surface area contributed by atoms with E-state index >= 15 is 0 Å². The Hall–Kier alpha value is -2.06. The van der Waals surface area contributed by atoms with Crippen LogP contribution in [0.15, 0.2) is 12.4 Å². The lowest BCUT2D eigenvalue weighted by atomic mass is 10.1. The highest BCUT2D eigenvalue weighted by molar-refractivity contribution is 5.89. The Bertz CT molecular complexity index is 515. The van der Waals surface area contributed by atoms with E-state index in [9.17, 15) is 22.8 Å². The molecule has 0 aromatic carbocycles. The van der Waals surface area contributed by atoms with E-state index in [1.165, 1.54) is 6.20 Å². The van der Waals surface area contributed by atoms with E-state index in [1.807, 2.05) is 0 Å². The van der Waals surface area contributed by atoms with Crippen LogP contribution in [0.2, 0.25) is 0 Å². The van der Waals surface area contributed by atoms with Crippen molar-refractivity contribution in [2.45, 2.75) is 25.6 Å². The summed E-state index contributed by atoms with van der Waals surface area (Å²) in [6.45, 7) is 0.166. The summed E-state index contributed by atoms with van der Waals surface area (Å²) in [6, 6.07) is -0.403. The van der Waals surface area contributed by atoms with Crippen LogP contribution in [0, 0.1) is 5.92 Å². The Balaban J connectivity index is 1.91. The number of alkyl halides is 3. The molecule has 2 rings (SSSR count). The minimum Gasteiger partial charge on any atom is -0.347 e. The molecule has 1 aliphatic heterocycles. The van der Waals surface area contributed by atoms with Gasteiger partial charge in [0.25, 0.3) is 0 Å². The predicted octanol–water partition coefficient (Wildman–Crippen LogP) is 0.998. The fourth-order valence-electron chi connectivity index (χ4n) is 2.23. The highest BCUT2D eigenvalue weighted by Gasteiger charge is 2.40. The molecule has 1 fully saturated rings. The predicted molar refractivity (Wildman–Crippen MR) is 65.9 cm³/mol. The van der Waals surface area contributed by atoms with E-state index in [-0.39, 0.29) is 13.0 Å². The van der Waals surface area contributed by atoms with Crippen LogP contribution in [0.4, 0.5) is 13.2 Å². The van der Waals surface area contributed by atoms with Crippen LogP contribution in [-0.4, -0.2) is 45.9 Å². The number of aromatic amines is 1. The van der Waals surface area contributed by atoms with Crippen LogP contribution in [0.3, 0.4) is 0 Å². The van der Waals surface area contributed by atoms with E-state index in [0.717, 1.165) is 0 Å². The van der Waals surface area contributed by atoms with E-state index in [2.05, 4.69) is 15.3 Å². The topological polar surface area (TPSA) is 78.1 Å². The fourth-order valence-corrected chi connectivity index (χ4v) is 2.23. The number of imidazole rings is 1. The van der Waals surface area contributed by atoms with Crippen LogP contribution < -0.4 is 5.32 Å². The molecule has 9 heteroatoms. The van der Waals surface area contributed by atoms with Gasteiger partial charge < -0.3 is 15.2 Å². The molecular formula is C12H15F3N4O2. The summed E-state index contributed by atoms with van der Waals surface area (Å²) in [5, 5.41) is 2.64. The summed E-state index contributed by atoms with van der Waals surface area (Å²) in [5.74, 6) is -1.33. The van der Waals surface area contributed by atoms with E-state index in [0.29, 0.717) is 10.7 Å². The molecule has 2 atom stereocenters. The van der Waals surface area contributed by atoms with Gasteiger partial charge in [-0.15, -0.1) is 0 Å². The van der Waals surface area contributed by atoms with E-state index in [1.54, 1.807) is 13.1 Å². The van der Waals surface area contributed by atoms with Crippen molar-refractivity contribution in [1.29, 1.82) is 0 Å². The Labute approximate surface area is 118 Å². The molecule has 116 valence electrons. The third-order valence-corrected chi connectivity index (χ3v) is 3.24. The lowest BCUT2D eigenvalue weighted by Gasteiger charge is -2.19. The number of nitrogens with zero attached hydrogens (tertiary/aromatic N) is 2. The van der Waals surface area contributed by atoms with Gasteiger partial charge in [0.15, 0.2) is 0 Å². The Morgan fingerprint density at radius 2 is 2.33 bits per heavy atom. The summed E-state index contributed by atoms with van der Waals surface area (Å²) in [4.78, 5) is 31.0. The van der Waals surface area contributed by atoms with Crippen molar-refractivity contribution in [2.24, 2.45) is 5.92 Å². The summed E-state index contributed by atoms with van der Waals surface area (Å²) in [7, 11) is 0. The van der Waals surface area contributed by atoms with Crippen molar-refractivity contribution >= 4 is 11.8 Å². The average Bonchev–Trinajstić information content (AvgIpc) is 2.98. The van der Waals surface area contributed by atoms with Crippen molar-refractivity contribution in [3.05, 3.63) is 18.2 Å². The maximum absolute atomic E-state index is 12.3. The van der Waals surface area contributed by atoms with Gasteiger partial charge in [0.05, 0.1) is 12.0 Å². The maximum atomic E-state index is 12.3. The molecule has 0 saturated carbocycles. The number of carbonyl (C=O) groups is 2. The lowest BCUT2D eigenvalue weighted by molar-refractivity contribution is -0.157. The zero-order valence-electron chi connectivity index (χ0n) is 11.3. The van der Waals surface area contributed by atoms with E-state index in [4.69, 9.17) is 0 Å². The van der Waals surface area contributed by atoms with Crippen molar-refractivity contribution in [1.82, 2.24) is 20.2 Å². The highest BCUT2D eigenvalue weighted by atomic mass is 19.4. The van der Waals surface area contributed by atoms with Crippen LogP contribution in [0.1, 0.15) is 25.2 Å². The molecule has 0 radical (unpaired) electrons. The second-order valence-corrected chi connectivity index (χ2v) is 5.00. The molecule has 6 nitrogen and oxygen atoms in total. The van der Waals surface area contributed by atoms with Gasteiger partial charge in [-0.3, -0.25) is 9.59 Å². The molecule has 2 amide bonds. The lowest BCUT2D eigenvalue weighted by Crippen LogP contribution is -2.37. The van der Waals surface area contributed by atoms with Gasteiger partial charge in [0, 0.05) is 25.4 Å². The molecule has 1 aromatic rings. The first-order valence-corrected chi connectivity index (χ1v) is 6.40. The summed E-state index contributed by atoms with van der Waals surface area (Å²) in [5.41, 5.74) is 0. The minimum absolute atomic E-state index is 0.202. The number of hydrogen-bond donors (Lipinski definition) is 2. The van der Waals surface area contributed by atoms with Crippen molar-refractivity contribution in [3.63, 3.8) is 0 Å². The third kappa shape index (κ3) is 3.96. The number of amides is 2. The number of H-pyrrole nitrogens is 1. The number of halogens is 3. The molecule has 0 aliphatic carbocycles. The second kappa shape index (κ2) is 5.74. The minimum atomic E-state index is -4.46. The number of nitrogens with one attached hydrogen (secondary N) is 2. The quantitative estimate of drug-likeness (QED) is 0.871. The molecule has 2 heterocycles. The molecular weight excluding hydrogens is 289 g/mol. The van der Waals surface area contributed by atoms with Gasteiger partial charge in [0.2, 0.25) is 11.8 Å². The molecule has 1 saturated heterocycles. The first-order chi connectivity index (χ1) is 9.76. The number of rotatable bonds is 4. The number of aromatic nitrogens is 2. The van der Waals surface area contributed by atoms with Gasteiger partial charge in [-0.05, 0) is 6.92 Å². The second-order valence-electron chi connectivity index (χ2n) is 5.00. The van der Waals surface area contributed by atoms with Gasteiger partial charge in [-0.25, -0.2) is 4.98 Å². The maximum Gasteiger partial charge on any atom is 0.406 e. The monoisotopic (exact) mass is 304 g/mol. The van der Waals surface area contributed by atoms with Gasteiger partial charge in [-0.1, -0.05) is 0 Å². The molecule has 0 bridgehead atoms. The van der Waals surface area contributed by atoms with E-state index < -0.39 is 36.5 Å². The van der Waals surface area contributed by atoms with Crippen LogP contribution in [-0.2, 0) is 9.59 Å². The van der Waals surface area contributed by atoms with Gasteiger partial charge in [0.1, 0.15) is 12.4 Å². The average molecular weight is 304 g/mol. The fraction of sp³-hybridized carbons (Fsp3) is 0.583. The molecule has 1 aliphatic rings. The SMILES string of the molecule is CC(NC(=O)C1CC(=O)N(CC(F)(F)F)C1)c1ncc[nH]1. The number of hydrogen-bond acceptors (Lipinski definition) is 3. The Kier molecular flexibility index (Phi) is 4.19.